The lowest BCUT2D eigenvalue weighted by Crippen LogP contribution is -2.25. The maximum atomic E-state index is 12.1. The fourth-order valence-corrected chi connectivity index (χ4v) is 2.79. The summed E-state index contributed by atoms with van der Waals surface area (Å²) in [6.07, 6.45) is 0.874. The van der Waals surface area contributed by atoms with Crippen molar-refractivity contribution < 1.29 is 9.53 Å². The van der Waals surface area contributed by atoms with Crippen LogP contribution in [0.5, 0.6) is 5.75 Å². The molecule has 28 heavy (non-hydrogen) atoms. The van der Waals surface area contributed by atoms with E-state index in [9.17, 15) is 9.59 Å². The zero-order valence-corrected chi connectivity index (χ0v) is 15.8. The minimum atomic E-state index is -0.168. The first kappa shape index (κ1) is 19.4. The molecular formula is C22H23N3O3. The summed E-state index contributed by atoms with van der Waals surface area (Å²) in [5, 5.41) is 7.30. The average molecular weight is 377 g/mol. The molecule has 0 aliphatic carbocycles. The van der Waals surface area contributed by atoms with E-state index < -0.39 is 0 Å². The Bertz CT molecular complexity index is 966. The van der Waals surface area contributed by atoms with Gasteiger partial charge in [-0.3, -0.25) is 9.59 Å². The number of nitrogens with one attached hydrogen (secondary N) is 1. The van der Waals surface area contributed by atoms with Gasteiger partial charge in [0.05, 0.1) is 12.8 Å². The van der Waals surface area contributed by atoms with Gasteiger partial charge < -0.3 is 10.1 Å². The lowest BCUT2D eigenvalue weighted by molar-refractivity contribution is -0.121. The first-order valence-corrected chi connectivity index (χ1v) is 9.19. The highest BCUT2D eigenvalue weighted by atomic mass is 16.5. The molecule has 0 unspecified atom stereocenters. The molecule has 1 heterocycles. The molecule has 0 aliphatic rings. The standard InChI is InChI=1S/C22H23N3O3/c1-28-19-11-9-17(10-12-19)16-23-21(26)8-5-15-25-22(27)14-13-20(24-25)18-6-3-2-4-7-18/h2-4,6-7,9-14H,5,8,15-16H2,1H3,(H,23,26). The van der Waals surface area contributed by atoms with E-state index in [0.717, 1.165) is 22.6 Å². The number of nitrogens with zero attached hydrogens (tertiary/aromatic N) is 2. The summed E-state index contributed by atoms with van der Waals surface area (Å²) in [5.74, 6) is 0.730. The van der Waals surface area contributed by atoms with Crippen molar-refractivity contribution in [3.05, 3.63) is 82.6 Å². The van der Waals surface area contributed by atoms with E-state index in [0.29, 0.717) is 25.9 Å². The largest absolute Gasteiger partial charge is 0.497 e. The fourth-order valence-electron chi connectivity index (χ4n) is 2.79. The van der Waals surface area contributed by atoms with Crippen LogP contribution in [0.15, 0.2) is 71.5 Å². The van der Waals surface area contributed by atoms with Crippen LogP contribution < -0.4 is 15.6 Å². The molecule has 0 spiro atoms. The highest BCUT2D eigenvalue weighted by molar-refractivity contribution is 5.75. The molecule has 0 bridgehead atoms. The van der Waals surface area contributed by atoms with Gasteiger partial charge in [-0.2, -0.15) is 5.10 Å². The van der Waals surface area contributed by atoms with Crippen LogP contribution in [0.1, 0.15) is 18.4 Å². The Kier molecular flexibility index (Phi) is 6.57. The summed E-state index contributed by atoms with van der Waals surface area (Å²) in [7, 11) is 1.62. The maximum absolute atomic E-state index is 12.1. The summed E-state index contributed by atoms with van der Waals surface area (Å²) in [6.45, 7) is 0.861. The summed E-state index contributed by atoms with van der Waals surface area (Å²) in [5.41, 5.74) is 2.53. The number of carbonyl (C=O) groups excluding carboxylic acids is 1. The van der Waals surface area contributed by atoms with Crippen LogP contribution in [0.25, 0.3) is 11.3 Å². The van der Waals surface area contributed by atoms with E-state index in [1.54, 1.807) is 13.2 Å². The summed E-state index contributed by atoms with van der Waals surface area (Å²) >= 11 is 0. The number of ether oxygens (including phenoxy) is 1. The summed E-state index contributed by atoms with van der Waals surface area (Å²) < 4.78 is 6.53. The van der Waals surface area contributed by atoms with Gasteiger partial charge in [0.2, 0.25) is 5.91 Å². The van der Waals surface area contributed by atoms with Crippen molar-refractivity contribution in [2.24, 2.45) is 0 Å². The number of aromatic nitrogens is 2. The van der Waals surface area contributed by atoms with Gasteiger partial charge in [0.25, 0.3) is 5.56 Å². The Morgan fingerprint density at radius 3 is 2.50 bits per heavy atom. The highest BCUT2D eigenvalue weighted by Crippen LogP contribution is 2.14. The van der Waals surface area contributed by atoms with Gasteiger partial charge in [-0.15, -0.1) is 0 Å². The van der Waals surface area contributed by atoms with Crippen molar-refractivity contribution in [3.8, 4) is 17.0 Å². The van der Waals surface area contributed by atoms with E-state index in [-0.39, 0.29) is 11.5 Å². The van der Waals surface area contributed by atoms with Crippen molar-refractivity contribution in [2.75, 3.05) is 7.11 Å². The van der Waals surface area contributed by atoms with Gasteiger partial charge in [0, 0.05) is 31.1 Å². The Labute approximate surface area is 163 Å². The third-order valence-corrected chi connectivity index (χ3v) is 4.36. The number of carbonyl (C=O) groups is 1. The van der Waals surface area contributed by atoms with Gasteiger partial charge in [-0.05, 0) is 30.2 Å². The van der Waals surface area contributed by atoms with Crippen molar-refractivity contribution in [3.63, 3.8) is 0 Å². The smallest absolute Gasteiger partial charge is 0.266 e. The molecule has 0 aliphatic heterocycles. The molecule has 0 fully saturated rings. The lowest BCUT2D eigenvalue weighted by Gasteiger charge is -2.08. The minimum absolute atomic E-state index is 0.0527. The molecule has 0 atom stereocenters. The predicted octanol–water partition coefficient (Wildman–Crippen LogP) is 3.02. The number of rotatable bonds is 8. The molecule has 1 aromatic heterocycles. The van der Waals surface area contributed by atoms with Crippen molar-refractivity contribution in [1.82, 2.24) is 15.1 Å². The maximum Gasteiger partial charge on any atom is 0.266 e. The quantitative estimate of drug-likeness (QED) is 0.655. The zero-order valence-electron chi connectivity index (χ0n) is 15.8. The lowest BCUT2D eigenvalue weighted by atomic mass is 10.1. The van der Waals surface area contributed by atoms with E-state index >= 15 is 0 Å². The van der Waals surface area contributed by atoms with E-state index in [2.05, 4.69) is 10.4 Å². The molecule has 3 aromatic rings. The Morgan fingerprint density at radius 2 is 1.79 bits per heavy atom. The van der Waals surface area contributed by atoms with Gasteiger partial charge in [-0.1, -0.05) is 42.5 Å². The molecule has 0 saturated heterocycles. The third kappa shape index (κ3) is 5.30. The van der Waals surface area contributed by atoms with Crippen molar-refractivity contribution >= 4 is 5.91 Å². The SMILES string of the molecule is COc1ccc(CNC(=O)CCCn2nc(-c3ccccc3)ccc2=O)cc1. The molecule has 6 nitrogen and oxygen atoms in total. The Hall–Kier alpha value is -3.41. The number of benzene rings is 2. The predicted molar refractivity (Wildman–Crippen MR) is 108 cm³/mol. The van der Waals surface area contributed by atoms with Gasteiger partial charge in [0.1, 0.15) is 5.75 Å². The second-order valence-corrected chi connectivity index (χ2v) is 6.37. The van der Waals surface area contributed by atoms with Crippen LogP contribution in [0.3, 0.4) is 0 Å². The molecule has 0 radical (unpaired) electrons. The van der Waals surface area contributed by atoms with Gasteiger partial charge in [0.15, 0.2) is 0 Å². The normalized spacial score (nSPS) is 10.5. The summed E-state index contributed by atoms with van der Waals surface area (Å²) in [6, 6.07) is 20.5. The van der Waals surface area contributed by atoms with Crippen LogP contribution in [0.4, 0.5) is 0 Å². The number of amides is 1. The van der Waals surface area contributed by atoms with Crippen LogP contribution in [-0.2, 0) is 17.9 Å². The summed E-state index contributed by atoms with van der Waals surface area (Å²) in [4.78, 5) is 24.1. The van der Waals surface area contributed by atoms with Crippen LogP contribution in [-0.4, -0.2) is 22.8 Å². The van der Waals surface area contributed by atoms with Crippen LogP contribution in [0.2, 0.25) is 0 Å². The number of methoxy groups -OCH3 is 1. The van der Waals surface area contributed by atoms with Crippen molar-refractivity contribution in [1.29, 1.82) is 0 Å². The van der Waals surface area contributed by atoms with E-state index in [1.165, 1.54) is 10.7 Å². The van der Waals surface area contributed by atoms with Crippen molar-refractivity contribution in [2.45, 2.75) is 25.9 Å². The fraction of sp³-hybridized carbons (Fsp3) is 0.227. The van der Waals surface area contributed by atoms with Crippen LogP contribution >= 0.6 is 0 Å². The highest BCUT2D eigenvalue weighted by Gasteiger charge is 2.06. The Morgan fingerprint density at radius 1 is 1.04 bits per heavy atom. The van der Waals surface area contributed by atoms with Gasteiger partial charge in [-0.25, -0.2) is 4.68 Å². The molecule has 1 amide bonds. The van der Waals surface area contributed by atoms with E-state index in [1.807, 2.05) is 54.6 Å². The second kappa shape index (κ2) is 9.50. The molecule has 6 heteroatoms. The molecule has 144 valence electrons. The molecule has 2 aromatic carbocycles. The topological polar surface area (TPSA) is 73.2 Å². The number of hydrogen-bond acceptors (Lipinski definition) is 4. The minimum Gasteiger partial charge on any atom is -0.497 e. The first-order chi connectivity index (χ1) is 13.7. The third-order valence-electron chi connectivity index (χ3n) is 4.36. The van der Waals surface area contributed by atoms with Gasteiger partial charge >= 0.3 is 0 Å². The second-order valence-electron chi connectivity index (χ2n) is 6.37. The van der Waals surface area contributed by atoms with E-state index in [4.69, 9.17) is 4.74 Å². The first-order valence-electron chi connectivity index (χ1n) is 9.19. The zero-order chi connectivity index (χ0) is 19.8. The average Bonchev–Trinajstić information content (AvgIpc) is 2.74. The molecule has 1 N–H and O–H groups in total. The Balaban J connectivity index is 1.50. The number of hydrogen-bond donors (Lipinski definition) is 1. The monoisotopic (exact) mass is 377 g/mol. The molecule has 0 saturated carbocycles. The van der Waals surface area contributed by atoms with Crippen LogP contribution in [0, 0.1) is 0 Å². The molecule has 3 rings (SSSR count). The number of aryl methyl sites for hydroxylation is 1. The molecular weight excluding hydrogens is 354 g/mol.